The number of nitrogens with two attached hydrogens (primary N) is 1. The summed E-state index contributed by atoms with van der Waals surface area (Å²) in [6.45, 7) is -0.487. The number of hydrogen-bond donors (Lipinski definition) is 3. The molecule has 4 N–H and O–H groups in total. The Hall–Kier alpha value is -3.55. The molecule has 0 unspecified atom stereocenters. The highest BCUT2D eigenvalue weighted by Crippen LogP contribution is 2.25. The molecule has 2 heterocycles. The topological polar surface area (TPSA) is 119 Å². The van der Waals surface area contributed by atoms with Crippen LogP contribution in [0.3, 0.4) is 0 Å². The lowest BCUT2D eigenvalue weighted by molar-refractivity contribution is -0.674. The average molecular weight is 337 g/mol. The molecule has 0 radical (unpaired) electrons. The molecule has 1 aliphatic rings. The second kappa shape index (κ2) is 5.82. The maximum absolute atomic E-state index is 10.5. The van der Waals surface area contributed by atoms with Crippen LogP contribution in [0.4, 0.5) is 5.95 Å². The molecule has 0 aliphatic carbocycles. The van der Waals surface area contributed by atoms with Gasteiger partial charge in [-0.2, -0.15) is 4.99 Å². The van der Waals surface area contributed by atoms with E-state index >= 15 is 0 Å². The lowest BCUT2D eigenvalue weighted by Gasteiger charge is -2.18. The van der Waals surface area contributed by atoms with Crippen molar-refractivity contribution in [2.24, 2.45) is 10.7 Å². The van der Waals surface area contributed by atoms with Crippen LogP contribution < -0.4 is 25.5 Å². The number of rotatable bonds is 4. The van der Waals surface area contributed by atoms with Crippen LogP contribution in [0.15, 0.2) is 53.5 Å². The third kappa shape index (κ3) is 2.74. The van der Waals surface area contributed by atoms with Crippen LogP contribution >= 0.6 is 0 Å². The molecule has 0 spiro atoms. The van der Waals surface area contributed by atoms with Crippen molar-refractivity contribution < 1.29 is 19.2 Å². The number of carboxylic acid groups (broad SMARTS) is 1. The molecular formula is C17H15N5O3. The molecule has 1 aliphatic heterocycles. The summed E-state index contributed by atoms with van der Waals surface area (Å²) in [7, 11) is 0. The minimum Gasteiger partial charge on any atom is -0.546 e. The van der Waals surface area contributed by atoms with Gasteiger partial charge in [0.25, 0.3) is 5.96 Å². The highest BCUT2D eigenvalue weighted by molar-refractivity contribution is 5.92. The quantitative estimate of drug-likeness (QED) is 0.573. The predicted molar refractivity (Wildman–Crippen MR) is 88.8 cm³/mol. The summed E-state index contributed by atoms with van der Waals surface area (Å²) in [5, 5.41) is 13.5. The van der Waals surface area contributed by atoms with Gasteiger partial charge in [-0.05, 0) is 36.4 Å². The number of nitrogens with one attached hydrogen (secondary N) is 2. The Bertz CT molecular complexity index is 978. The van der Waals surface area contributed by atoms with E-state index in [1.54, 1.807) is 12.1 Å². The number of aliphatic carboxylic acids is 1. The summed E-state index contributed by atoms with van der Waals surface area (Å²) in [4.78, 5) is 18.3. The maximum Gasteiger partial charge on any atom is 0.365 e. The van der Waals surface area contributed by atoms with Crippen LogP contribution in [0, 0.1) is 0 Å². The first-order chi connectivity index (χ1) is 12.1. The van der Waals surface area contributed by atoms with Gasteiger partial charge in [0.2, 0.25) is 6.17 Å². The van der Waals surface area contributed by atoms with Crippen molar-refractivity contribution >= 4 is 28.9 Å². The summed E-state index contributed by atoms with van der Waals surface area (Å²) < 4.78 is 7.12. The molecule has 1 aromatic heterocycles. The fourth-order valence-electron chi connectivity index (χ4n) is 2.89. The van der Waals surface area contributed by atoms with Crippen molar-refractivity contribution in [2.45, 2.75) is 6.17 Å². The first kappa shape index (κ1) is 15.0. The zero-order valence-electron chi connectivity index (χ0n) is 13.1. The van der Waals surface area contributed by atoms with E-state index in [9.17, 15) is 9.90 Å². The zero-order chi connectivity index (χ0) is 17.4. The largest absolute Gasteiger partial charge is 0.546 e. The lowest BCUT2D eigenvalue weighted by atomic mass is 10.1. The Morgan fingerprint density at radius 3 is 2.76 bits per heavy atom. The van der Waals surface area contributed by atoms with Gasteiger partial charge in [0.1, 0.15) is 23.4 Å². The number of nitrogens with zero attached hydrogens (tertiary/aromatic N) is 2. The molecule has 0 bridgehead atoms. The number of H-pyrrole nitrogens is 1. The highest BCUT2D eigenvalue weighted by Gasteiger charge is 2.30. The van der Waals surface area contributed by atoms with Gasteiger partial charge in [-0.3, -0.25) is 0 Å². The van der Waals surface area contributed by atoms with Gasteiger partial charge in [-0.15, -0.1) is 0 Å². The van der Waals surface area contributed by atoms with E-state index in [2.05, 4.69) is 15.3 Å². The molecule has 8 nitrogen and oxygen atoms in total. The van der Waals surface area contributed by atoms with E-state index in [1.165, 1.54) is 0 Å². The summed E-state index contributed by atoms with van der Waals surface area (Å²) >= 11 is 0. The summed E-state index contributed by atoms with van der Waals surface area (Å²) in [5.74, 6) is 0.242. The van der Waals surface area contributed by atoms with E-state index < -0.39 is 12.6 Å². The zero-order valence-corrected chi connectivity index (χ0v) is 13.1. The van der Waals surface area contributed by atoms with Gasteiger partial charge in [0.15, 0.2) is 0 Å². The number of hydrogen-bond acceptors (Lipinski definition) is 6. The number of fused-ring (bicyclic) bond motifs is 3. The minimum absolute atomic E-state index is 0.314. The molecule has 0 fully saturated rings. The first-order valence-corrected chi connectivity index (χ1v) is 7.67. The van der Waals surface area contributed by atoms with Crippen LogP contribution in [0.2, 0.25) is 0 Å². The lowest BCUT2D eigenvalue weighted by Crippen LogP contribution is -2.48. The molecule has 25 heavy (non-hydrogen) atoms. The van der Waals surface area contributed by atoms with Crippen molar-refractivity contribution in [1.82, 2.24) is 4.98 Å². The van der Waals surface area contributed by atoms with Gasteiger partial charge >= 0.3 is 5.95 Å². The van der Waals surface area contributed by atoms with E-state index in [4.69, 9.17) is 10.5 Å². The van der Waals surface area contributed by atoms with E-state index in [-0.39, 0.29) is 6.17 Å². The van der Waals surface area contributed by atoms with Crippen LogP contribution in [0.1, 0.15) is 11.7 Å². The molecule has 0 saturated heterocycles. The number of imidazole rings is 1. The average Bonchev–Trinajstić information content (AvgIpc) is 2.97. The Morgan fingerprint density at radius 1 is 1.24 bits per heavy atom. The fourth-order valence-corrected chi connectivity index (χ4v) is 2.89. The number of ether oxygens (including phenoxy) is 1. The second-order valence-corrected chi connectivity index (χ2v) is 5.60. The maximum atomic E-state index is 10.5. The van der Waals surface area contributed by atoms with Gasteiger partial charge in [-0.25, -0.2) is 14.9 Å². The predicted octanol–water partition coefficient (Wildman–Crippen LogP) is -0.129. The van der Waals surface area contributed by atoms with Gasteiger partial charge in [-0.1, -0.05) is 12.1 Å². The van der Waals surface area contributed by atoms with Gasteiger partial charge < -0.3 is 20.4 Å². The minimum atomic E-state index is -1.27. The Balaban J connectivity index is 1.72. The first-order valence-electron chi connectivity index (χ1n) is 7.67. The normalized spacial score (nSPS) is 16.0. The monoisotopic (exact) mass is 337 g/mol. The van der Waals surface area contributed by atoms with E-state index in [0.29, 0.717) is 11.7 Å². The third-order valence-electron chi connectivity index (χ3n) is 3.94. The number of aromatic amines is 1. The Morgan fingerprint density at radius 2 is 2.00 bits per heavy atom. The van der Waals surface area contributed by atoms with E-state index in [1.807, 2.05) is 41.0 Å². The fraction of sp³-hybridized carbons (Fsp3) is 0.118. The summed E-state index contributed by atoms with van der Waals surface area (Å²) in [6, 6.07) is 14.9. The SMILES string of the molecule is NC1=N[C@@H](c2ccc(OCC(=O)[O-])cc2)[n+]2c([nH]c3ccccc32)N1. The standard InChI is InChI=1S/C17H15N5O3/c18-16-20-15(10-5-7-11(8-6-10)25-9-14(23)24)22-13-4-2-1-3-12(13)19-17(22)21-16/h1-8,15H,9H2,(H4,18,19,20,21,23,24)/t15-/m1/s1. The van der Waals surface area contributed by atoms with Crippen molar-refractivity contribution in [1.29, 1.82) is 0 Å². The van der Waals surface area contributed by atoms with Crippen LogP contribution in [-0.4, -0.2) is 23.5 Å². The Labute approximate surface area is 142 Å². The smallest absolute Gasteiger partial charge is 0.365 e. The number of carbonyl (C=O) groups is 1. The van der Waals surface area contributed by atoms with Crippen LogP contribution in [0.25, 0.3) is 11.0 Å². The molecule has 0 amide bonds. The molecule has 0 saturated carbocycles. The number of aliphatic imine (C=N–C) groups is 1. The summed E-state index contributed by atoms with van der Waals surface area (Å²) in [5.41, 5.74) is 8.76. The van der Waals surface area contributed by atoms with Crippen LogP contribution in [0.5, 0.6) is 5.75 Å². The molecular weight excluding hydrogens is 322 g/mol. The van der Waals surface area contributed by atoms with Gasteiger partial charge in [0.05, 0.1) is 5.97 Å². The van der Waals surface area contributed by atoms with Crippen molar-refractivity contribution in [3.05, 3.63) is 54.1 Å². The highest BCUT2D eigenvalue weighted by atomic mass is 16.5. The molecule has 126 valence electrons. The van der Waals surface area contributed by atoms with Crippen molar-refractivity contribution in [2.75, 3.05) is 11.9 Å². The second-order valence-electron chi connectivity index (χ2n) is 5.60. The molecule has 2 aromatic carbocycles. The van der Waals surface area contributed by atoms with E-state index in [0.717, 1.165) is 22.5 Å². The number of carbonyl (C=O) groups excluding carboxylic acids is 1. The third-order valence-corrected chi connectivity index (χ3v) is 3.94. The molecule has 4 rings (SSSR count). The number of benzene rings is 2. The van der Waals surface area contributed by atoms with Gasteiger partial charge in [0, 0.05) is 5.56 Å². The number of carboxylic acids is 1. The Kier molecular flexibility index (Phi) is 3.50. The summed E-state index contributed by atoms with van der Waals surface area (Å²) in [6.07, 6.45) is -0.345. The number of anilines is 1. The number of aromatic nitrogens is 2. The molecule has 1 atom stereocenters. The molecule has 8 heteroatoms. The van der Waals surface area contributed by atoms with Crippen LogP contribution in [-0.2, 0) is 4.79 Å². The molecule has 3 aromatic rings. The van der Waals surface area contributed by atoms with Crippen molar-refractivity contribution in [3.8, 4) is 5.75 Å². The number of para-hydroxylation sites is 2. The number of guanidine groups is 1. The van der Waals surface area contributed by atoms with Crippen molar-refractivity contribution in [3.63, 3.8) is 0 Å².